The Hall–Kier alpha value is -3.62. The van der Waals surface area contributed by atoms with Gasteiger partial charge in [-0.05, 0) is 62.4 Å². The zero-order valence-corrected chi connectivity index (χ0v) is 20.4. The first-order valence-electron chi connectivity index (χ1n) is 11.6. The third-order valence-electron chi connectivity index (χ3n) is 6.12. The Morgan fingerprint density at radius 3 is 1.59 bits per heavy atom. The molecule has 0 bridgehead atoms. The molecule has 0 saturated heterocycles. The normalized spacial score (nSPS) is 11.5. The van der Waals surface area contributed by atoms with E-state index in [2.05, 4.69) is 110 Å². The molecular weight excluding hydrogens is 439 g/mol. The van der Waals surface area contributed by atoms with Gasteiger partial charge < -0.3 is 13.7 Å². The predicted octanol–water partition coefficient (Wildman–Crippen LogP) is 5.40. The van der Waals surface area contributed by atoms with Gasteiger partial charge in [0.05, 0.1) is 6.26 Å². The summed E-state index contributed by atoms with van der Waals surface area (Å²) in [5.41, 5.74) is 0.964. The Labute approximate surface area is 201 Å². The van der Waals surface area contributed by atoms with Crippen molar-refractivity contribution in [2.24, 2.45) is 0 Å². The summed E-state index contributed by atoms with van der Waals surface area (Å²) >= 11 is 0. The van der Waals surface area contributed by atoms with Crippen LogP contribution >= 0.6 is 7.26 Å². The quantitative estimate of drug-likeness (QED) is 0.287. The smallest absolute Gasteiger partial charge is 0.268 e. The maximum absolute atomic E-state index is 6.52. The van der Waals surface area contributed by atoms with Crippen LogP contribution in [0.4, 0.5) is 5.88 Å². The Bertz CT molecular complexity index is 1220. The second-order valence-corrected chi connectivity index (χ2v) is 11.3. The molecule has 0 saturated carbocycles. The van der Waals surface area contributed by atoms with Crippen molar-refractivity contribution in [1.82, 2.24) is 4.98 Å². The lowest BCUT2D eigenvalue weighted by Crippen LogP contribution is -2.41. The lowest BCUT2D eigenvalue weighted by atomic mass is 10.4. The first-order valence-corrected chi connectivity index (χ1v) is 13.4. The SMILES string of the molecule is CCN(CC)c1oc(-c2ccco2)nc1[P+](c1ccccc1)(c1ccccc1)c1ccccc1. The molecule has 0 spiro atoms. The van der Waals surface area contributed by atoms with Crippen LogP contribution in [0.3, 0.4) is 0 Å². The molecule has 0 aliphatic carbocycles. The Kier molecular flexibility index (Phi) is 6.33. The number of hydrogen-bond acceptors (Lipinski definition) is 4. The fraction of sp³-hybridized carbons (Fsp3) is 0.138. The van der Waals surface area contributed by atoms with Gasteiger partial charge in [0.15, 0.2) is 13.0 Å². The van der Waals surface area contributed by atoms with E-state index in [1.807, 2.05) is 12.1 Å². The summed E-state index contributed by atoms with van der Waals surface area (Å²) in [6, 6.07) is 36.0. The van der Waals surface area contributed by atoms with Crippen molar-refractivity contribution in [3.8, 4) is 11.7 Å². The number of anilines is 1. The van der Waals surface area contributed by atoms with Crippen molar-refractivity contribution in [2.45, 2.75) is 13.8 Å². The van der Waals surface area contributed by atoms with Gasteiger partial charge in [0.1, 0.15) is 15.9 Å². The lowest BCUT2D eigenvalue weighted by Gasteiger charge is -2.27. The number of aromatic nitrogens is 1. The van der Waals surface area contributed by atoms with E-state index in [1.54, 1.807) is 6.26 Å². The fourth-order valence-electron chi connectivity index (χ4n) is 4.51. The van der Waals surface area contributed by atoms with E-state index in [-0.39, 0.29) is 0 Å². The van der Waals surface area contributed by atoms with Crippen molar-refractivity contribution in [3.63, 3.8) is 0 Å². The van der Waals surface area contributed by atoms with E-state index < -0.39 is 7.26 Å². The molecule has 0 N–H and O–H groups in total. The minimum Gasteiger partial charge on any atom is -0.459 e. The molecule has 34 heavy (non-hydrogen) atoms. The summed E-state index contributed by atoms with van der Waals surface area (Å²) in [4.78, 5) is 7.47. The second-order valence-electron chi connectivity index (χ2n) is 7.97. The third kappa shape index (κ3) is 3.74. The highest BCUT2D eigenvalue weighted by Crippen LogP contribution is 2.56. The predicted molar refractivity (Wildman–Crippen MR) is 143 cm³/mol. The van der Waals surface area contributed by atoms with Crippen LogP contribution in [0.5, 0.6) is 0 Å². The van der Waals surface area contributed by atoms with Crippen LogP contribution in [-0.4, -0.2) is 18.1 Å². The Balaban J connectivity index is 1.92. The van der Waals surface area contributed by atoms with Gasteiger partial charge in [0, 0.05) is 13.1 Å². The van der Waals surface area contributed by atoms with E-state index >= 15 is 0 Å². The molecule has 0 aliphatic heterocycles. The van der Waals surface area contributed by atoms with Gasteiger partial charge in [-0.3, -0.25) is 0 Å². The molecule has 0 unspecified atom stereocenters. The van der Waals surface area contributed by atoms with Gasteiger partial charge in [-0.25, -0.2) is 0 Å². The molecule has 0 aliphatic rings. The third-order valence-corrected chi connectivity index (χ3v) is 10.3. The highest BCUT2D eigenvalue weighted by molar-refractivity contribution is 8.01. The monoisotopic (exact) mass is 467 g/mol. The van der Waals surface area contributed by atoms with Crippen LogP contribution in [0.15, 0.2) is 118 Å². The number of furan rings is 1. The molecule has 2 heterocycles. The van der Waals surface area contributed by atoms with Gasteiger partial charge in [-0.2, -0.15) is 4.98 Å². The summed E-state index contributed by atoms with van der Waals surface area (Å²) < 4.78 is 12.2. The molecule has 0 atom stereocenters. The summed E-state index contributed by atoms with van der Waals surface area (Å²) in [7, 11) is -2.39. The summed E-state index contributed by atoms with van der Waals surface area (Å²) in [6.45, 7) is 5.93. The minimum atomic E-state index is -2.39. The van der Waals surface area contributed by atoms with E-state index in [0.717, 1.165) is 24.4 Å². The van der Waals surface area contributed by atoms with Crippen molar-refractivity contribution >= 4 is 34.5 Å². The molecule has 0 fully saturated rings. The highest BCUT2D eigenvalue weighted by Gasteiger charge is 2.53. The summed E-state index contributed by atoms with van der Waals surface area (Å²) in [6.07, 6.45) is 1.66. The summed E-state index contributed by atoms with van der Waals surface area (Å²) in [5, 5.41) is 3.71. The molecule has 2 aromatic heterocycles. The first kappa shape index (κ1) is 22.2. The van der Waals surface area contributed by atoms with Crippen LogP contribution in [0.2, 0.25) is 0 Å². The van der Waals surface area contributed by atoms with Gasteiger partial charge in [-0.1, -0.05) is 54.6 Å². The van der Waals surface area contributed by atoms with Gasteiger partial charge in [0.25, 0.3) is 17.2 Å². The molecule has 5 aromatic rings. The number of rotatable bonds is 8. The van der Waals surface area contributed by atoms with Crippen LogP contribution in [0.25, 0.3) is 11.7 Å². The highest BCUT2D eigenvalue weighted by atomic mass is 31.2. The topological polar surface area (TPSA) is 42.4 Å². The Morgan fingerprint density at radius 1 is 0.676 bits per heavy atom. The maximum Gasteiger partial charge on any atom is 0.268 e. The minimum absolute atomic E-state index is 0.508. The standard InChI is InChI=1S/C29H28N2O2P/c1-3-31(4-2)29-28(30-27(33-29)26-21-14-22-32-26)34(23-15-8-5-9-16-23,24-17-10-6-11-18-24)25-19-12-7-13-20-25/h5-22H,3-4H2,1-2H3/q+1. The fourth-order valence-corrected chi connectivity index (χ4v) is 8.71. The molecular formula is C29H28N2O2P+. The molecule has 4 nitrogen and oxygen atoms in total. The average molecular weight is 468 g/mol. The van der Waals surface area contributed by atoms with Gasteiger partial charge in [0.2, 0.25) is 0 Å². The number of nitrogens with zero attached hydrogens (tertiary/aromatic N) is 2. The van der Waals surface area contributed by atoms with E-state index in [4.69, 9.17) is 13.8 Å². The number of benzene rings is 3. The largest absolute Gasteiger partial charge is 0.459 e. The van der Waals surface area contributed by atoms with Crippen molar-refractivity contribution in [2.75, 3.05) is 18.0 Å². The molecule has 5 rings (SSSR count). The second kappa shape index (κ2) is 9.70. The average Bonchev–Trinajstić information content (AvgIpc) is 3.59. The van der Waals surface area contributed by atoms with Crippen molar-refractivity contribution in [1.29, 1.82) is 0 Å². The summed E-state index contributed by atoms with van der Waals surface area (Å²) in [5.74, 6) is 1.95. The van der Waals surface area contributed by atoms with E-state index in [9.17, 15) is 0 Å². The van der Waals surface area contributed by atoms with Crippen molar-refractivity contribution in [3.05, 3.63) is 109 Å². The zero-order valence-electron chi connectivity index (χ0n) is 19.5. The van der Waals surface area contributed by atoms with Gasteiger partial charge >= 0.3 is 0 Å². The number of hydrogen-bond donors (Lipinski definition) is 0. The molecule has 3 aromatic carbocycles. The molecule has 0 amide bonds. The van der Waals surface area contributed by atoms with Crippen LogP contribution in [-0.2, 0) is 0 Å². The molecule has 5 heteroatoms. The van der Waals surface area contributed by atoms with Crippen LogP contribution in [0, 0.1) is 0 Å². The van der Waals surface area contributed by atoms with E-state index in [1.165, 1.54) is 15.9 Å². The molecule has 170 valence electrons. The lowest BCUT2D eigenvalue weighted by molar-refractivity contribution is 0.512. The van der Waals surface area contributed by atoms with Crippen LogP contribution in [0.1, 0.15) is 13.8 Å². The zero-order chi connectivity index (χ0) is 23.4. The number of oxazole rings is 1. The first-order chi connectivity index (χ1) is 16.8. The van der Waals surface area contributed by atoms with Gasteiger partial charge in [-0.15, -0.1) is 0 Å². The van der Waals surface area contributed by atoms with E-state index in [0.29, 0.717) is 11.7 Å². The Morgan fingerprint density at radius 2 is 1.18 bits per heavy atom. The van der Waals surface area contributed by atoms with Crippen molar-refractivity contribution < 1.29 is 8.83 Å². The van der Waals surface area contributed by atoms with Crippen LogP contribution < -0.4 is 26.2 Å². The maximum atomic E-state index is 6.52. The molecule has 0 radical (unpaired) electrons.